The van der Waals surface area contributed by atoms with E-state index >= 15 is 0 Å². The van der Waals surface area contributed by atoms with Gasteiger partial charge in [0.1, 0.15) is 12.1 Å². The lowest BCUT2D eigenvalue weighted by atomic mass is 10.1. The van der Waals surface area contributed by atoms with Crippen LogP contribution >= 0.6 is 0 Å². The van der Waals surface area contributed by atoms with Crippen LogP contribution in [0.25, 0.3) is 0 Å². The fraction of sp³-hybridized carbons (Fsp3) is 0.273. The highest BCUT2D eigenvalue weighted by Gasteiger charge is 2.28. The van der Waals surface area contributed by atoms with Crippen LogP contribution in [0.1, 0.15) is 41.2 Å². The van der Waals surface area contributed by atoms with Crippen molar-refractivity contribution in [1.82, 2.24) is 24.8 Å². The first-order valence-electron chi connectivity index (χ1n) is 10.5. The number of carbonyl (C=O) groups excluding carboxylic acids is 2. The molecule has 1 saturated carbocycles. The molecule has 2 N–H and O–H groups in total. The fourth-order valence-corrected chi connectivity index (χ4v) is 3.33. The summed E-state index contributed by atoms with van der Waals surface area (Å²) in [5, 5.41) is 5.51. The average molecular weight is 449 g/mol. The molecule has 3 aromatic rings. The van der Waals surface area contributed by atoms with Crippen LogP contribution in [0.4, 0.5) is 26.4 Å². The molecule has 1 aromatic carbocycles. The lowest BCUT2D eigenvalue weighted by molar-refractivity contribution is 0.0652. The molecule has 0 atom stereocenters. The summed E-state index contributed by atoms with van der Waals surface area (Å²) >= 11 is 0. The maximum Gasteiger partial charge on any atom is 0.418 e. The van der Waals surface area contributed by atoms with Gasteiger partial charge in [0.2, 0.25) is 0 Å². The van der Waals surface area contributed by atoms with Gasteiger partial charge >= 0.3 is 6.09 Å². The van der Waals surface area contributed by atoms with Gasteiger partial charge in [0, 0.05) is 19.0 Å². The third kappa shape index (κ3) is 4.71. The lowest BCUT2D eigenvalue weighted by Crippen LogP contribution is -2.42. The van der Waals surface area contributed by atoms with E-state index in [2.05, 4.69) is 30.6 Å². The quantitative estimate of drug-likeness (QED) is 0.587. The number of halogens is 1. The highest BCUT2D eigenvalue weighted by Crippen LogP contribution is 2.40. The number of hydrogen-bond donors (Lipinski definition) is 2. The summed E-state index contributed by atoms with van der Waals surface area (Å²) in [4.78, 5) is 43.6. The molecule has 33 heavy (non-hydrogen) atoms. The van der Waals surface area contributed by atoms with Crippen LogP contribution < -0.4 is 15.4 Å². The van der Waals surface area contributed by atoms with Gasteiger partial charge in [-0.1, -0.05) is 0 Å². The summed E-state index contributed by atoms with van der Waals surface area (Å²) in [6, 6.07) is 3.60. The van der Waals surface area contributed by atoms with E-state index in [1.54, 1.807) is 23.5 Å². The van der Waals surface area contributed by atoms with Gasteiger partial charge in [-0.15, -0.1) is 0 Å². The smallest absolute Gasteiger partial charge is 0.387 e. The molecule has 0 bridgehead atoms. The molecule has 2 aromatic heterocycles. The third-order valence-electron chi connectivity index (χ3n) is 5.36. The zero-order chi connectivity index (χ0) is 22.8. The number of amides is 2. The molecule has 11 heteroatoms. The van der Waals surface area contributed by atoms with E-state index in [-0.39, 0.29) is 34.8 Å². The standard InChI is InChI=1S/C22H20FN7O3/c23-14-4-5-17(16(8-14)21(31)30-6-1-7-30)29-22(32)33-20-19(27-15-9-24-12-25-10-15)26-11-18(28-20)13-2-3-13/h4-5,8-13H,1-3,6-7H2,(H,26,27)(H,29,32). The zero-order valence-corrected chi connectivity index (χ0v) is 17.5. The Hall–Kier alpha value is -4.15. The van der Waals surface area contributed by atoms with Crippen LogP contribution in [0.15, 0.2) is 43.1 Å². The summed E-state index contributed by atoms with van der Waals surface area (Å²) in [5.74, 6) is -0.455. The number of nitrogens with one attached hydrogen (secondary N) is 2. The Balaban J connectivity index is 1.37. The van der Waals surface area contributed by atoms with Gasteiger partial charge in [-0.25, -0.2) is 29.1 Å². The van der Waals surface area contributed by atoms with Gasteiger partial charge in [-0.3, -0.25) is 10.1 Å². The first-order valence-corrected chi connectivity index (χ1v) is 10.5. The van der Waals surface area contributed by atoms with E-state index in [0.717, 1.165) is 31.0 Å². The number of aromatic nitrogens is 4. The molecule has 2 fully saturated rings. The second-order valence-corrected chi connectivity index (χ2v) is 7.83. The Labute approximate surface area is 188 Å². The normalized spacial score (nSPS) is 14.9. The second kappa shape index (κ2) is 8.77. The minimum Gasteiger partial charge on any atom is -0.387 e. The molecule has 0 spiro atoms. The molecule has 0 radical (unpaired) electrons. The molecule has 168 valence electrons. The van der Waals surface area contributed by atoms with Crippen molar-refractivity contribution in [2.24, 2.45) is 0 Å². The first kappa shape index (κ1) is 20.7. The molecule has 2 amide bonds. The molecule has 1 saturated heterocycles. The van der Waals surface area contributed by atoms with Crippen molar-refractivity contribution in [1.29, 1.82) is 0 Å². The van der Waals surface area contributed by atoms with Crippen molar-refractivity contribution in [2.45, 2.75) is 25.2 Å². The molecule has 5 rings (SSSR count). The largest absolute Gasteiger partial charge is 0.418 e. The first-order chi connectivity index (χ1) is 16.1. The maximum absolute atomic E-state index is 13.8. The molecule has 2 aliphatic rings. The third-order valence-corrected chi connectivity index (χ3v) is 5.36. The topological polar surface area (TPSA) is 122 Å². The average Bonchev–Trinajstić information content (AvgIpc) is 3.61. The number of rotatable bonds is 6. The Morgan fingerprint density at radius 1 is 1.12 bits per heavy atom. The Kier molecular flexibility index (Phi) is 5.51. The van der Waals surface area contributed by atoms with Crippen LogP contribution in [0.2, 0.25) is 0 Å². The maximum atomic E-state index is 13.8. The second-order valence-electron chi connectivity index (χ2n) is 7.83. The number of hydrogen-bond acceptors (Lipinski definition) is 8. The van der Waals surface area contributed by atoms with Gasteiger partial charge < -0.3 is 15.0 Å². The minimum atomic E-state index is -0.881. The Morgan fingerprint density at radius 3 is 2.61 bits per heavy atom. The van der Waals surface area contributed by atoms with E-state index in [1.807, 2.05) is 0 Å². The van der Waals surface area contributed by atoms with Crippen molar-refractivity contribution < 1.29 is 18.7 Å². The summed E-state index contributed by atoms with van der Waals surface area (Å²) in [6.07, 6.45) is 8.11. The van der Waals surface area contributed by atoms with E-state index in [0.29, 0.717) is 18.8 Å². The minimum absolute atomic E-state index is 0.0292. The molecular formula is C22H20FN7O3. The molecule has 3 heterocycles. The molecule has 10 nitrogen and oxygen atoms in total. The summed E-state index contributed by atoms with van der Waals surface area (Å²) < 4.78 is 19.3. The Bertz CT molecular complexity index is 1200. The van der Waals surface area contributed by atoms with Crippen molar-refractivity contribution in [3.8, 4) is 5.88 Å². The van der Waals surface area contributed by atoms with Gasteiger partial charge in [-0.2, -0.15) is 0 Å². The van der Waals surface area contributed by atoms with Crippen molar-refractivity contribution in [2.75, 3.05) is 23.7 Å². The van der Waals surface area contributed by atoms with Crippen molar-refractivity contribution in [3.05, 3.63) is 60.2 Å². The summed E-state index contributed by atoms with van der Waals surface area (Å²) in [5.41, 5.74) is 1.47. The van der Waals surface area contributed by atoms with Gasteiger partial charge in [0.05, 0.1) is 41.2 Å². The van der Waals surface area contributed by atoms with Gasteiger partial charge in [0.25, 0.3) is 11.8 Å². The molecule has 0 unspecified atom stereocenters. The highest BCUT2D eigenvalue weighted by atomic mass is 19.1. The van der Waals surface area contributed by atoms with E-state index in [1.165, 1.54) is 18.5 Å². The summed E-state index contributed by atoms with van der Waals surface area (Å²) in [6.45, 7) is 1.20. The predicted octanol–water partition coefficient (Wildman–Crippen LogP) is 3.48. The van der Waals surface area contributed by atoms with Crippen LogP contribution in [0.3, 0.4) is 0 Å². The van der Waals surface area contributed by atoms with Crippen LogP contribution in [-0.2, 0) is 0 Å². The zero-order valence-electron chi connectivity index (χ0n) is 17.5. The molecule has 1 aliphatic carbocycles. The van der Waals surface area contributed by atoms with Gasteiger partial charge in [0.15, 0.2) is 5.82 Å². The number of likely N-dealkylation sites (tertiary alicyclic amines) is 1. The van der Waals surface area contributed by atoms with Crippen LogP contribution in [-0.4, -0.2) is 49.9 Å². The number of benzene rings is 1. The van der Waals surface area contributed by atoms with Crippen molar-refractivity contribution >= 4 is 29.2 Å². The predicted molar refractivity (Wildman–Crippen MR) is 116 cm³/mol. The molecule has 1 aliphatic heterocycles. The number of carbonyl (C=O) groups is 2. The van der Waals surface area contributed by atoms with Crippen LogP contribution in [0.5, 0.6) is 5.88 Å². The Morgan fingerprint density at radius 2 is 1.91 bits per heavy atom. The number of ether oxygens (including phenoxy) is 1. The van der Waals surface area contributed by atoms with E-state index < -0.39 is 11.9 Å². The van der Waals surface area contributed by atoms with Crippen molar-refractivity contribution in [3.63, 3.8) is 0 Å². The van der Waals surface area contributed by atoms with E-state index in [4.69, 9.17) is 4.74 Å². The van der Waals surface area contributed by atoms with E-state index in [9.17, 15) is 14.0 Å². The lowest BCUT2D eigenvalue weighted by Gasteiger charge is -2.31. The number of anilines is 3. The van der Waals surface area contributed by atoms with Gasteiger partial charge in [-0.05, 0) is 37.5 Å². The monoisotopic (exact) mass is 449 g/mol. The van der Waals surface area contributed by atoms with Crippen LogP contribution in [0, 0.1) is 5.82 Å². The molecular weight excluding hydrogens is 429 g/mol. The summed E-state index contributed by atoms with van der Waals surface area (Å²) in [7, 11) is 0. The number of nitrogens with zero attached hydrogens (tertiary/aromatic N) is 5. The SMILES string of the molecule is O=C(Nc1ccc(F)cc1C(=O)N1CCC1)Oc1nc(C2CC2)cnc1Nc1cncnc1. The fourth-order valence-electron chi connectivity index (χ4n) is 3.33. The highest BCUT2D eigenvalue weighted by molar-refractivity contribution is 6.03.